The first-order valence-corrected chi connectivity index (χ1v) is 11.2. The second-order valence-electron chi connectivity index (χ2n) is 7.45. The predicted molar refractivity (Wildman–Crippen MR) is 123 cm³/mol. The van der Waals surface area contributed by atoms with Crippen molar-refractivity contribution in [2.45, 2.75) is 46.6 Å². The average molecular weight is 441 g/mol. The zero-order chi connectivity index (χ0) is 22.4. The van der Waals surface area contributed by atoms with Crippen molar-refractivity contribution in [2.75, 3.05) is 13.7 Å². The highest BCUT2D eigenvalue weighted by Crippen LogP contribution is 2.22. The summed E-state index contributed by atoms with van der Waals surface area (Å²) in [6.45, 7) is 6.81. The SMILES string of the molecule is CCCCCOc1cccc(C(=O)N=c2sc3cc(C)c(C)cc3n2CC(=O)OC)c1. The highest BCUT2D eigenvalue weighted by atomic mass is 32.1. The van der Waals surface area contributed by atoms with E-state index < -0.39 is 5.97 Å². The molecule has 0 bridgehead atoms. The molecule has 1 amide bonds. The van der Waals surface area contributed by atoms with E-state index in [1.807, 2.05) is 26.0 Å². The lowest BCUT2D eigenvalue weighted by Crippen LogP contribution is -2.22. The standard InChI is InChI=1S/C24H28N2O4S/c1-5-6-7-11-30-19-10-8-9-18(14-19)23(28)25-24-26(15-22(27)29-4)20-12-16(2)17(3)13-21(20)31-24/h8-10,12-14H,5-7,11,15H2,1-4H3. The number of hydrogen-bond donors (Lipinski definition) is 0. The zero-order valence-corrected chi connectivity index (χ0v) is 19.3. The van der Waals surface area contributed by atoms with Gasteiger partial charge in [0.2, 0.25) is 0 Å². The number of fused-ring (bicyclic) bond motifs is 1. The minimum atomic E-state index is -0.394. The van der Waals surface area contributed by atoms with E-state index in [9.17, 15) is 9.59 Å². The first-order chi connectivity index (χ1) is 14.9. The van der Waals surface area contributed by atoms with Crippen molar-refractivity contribution in [1.29, 1.82) is 0 Å². The smallest absolute Gasteiger partial charge is 0.325 e. The van der Waals surface area contributed by atoms with Gasteiger partial charge < -0.3 is 14.0 Å². The van der Waals surface area contributed by atoms with Crippen LogP contribution in [0.3, 0.4) is 0 Å². The number of carbonyl (C=O) groups excluding carboxylic acids is 2. The molecule has 0 N–H and O–H groups in total. The number of aromatic nitrogens is 1. The molecule has 0 aliphatic rings. The Kier molecular flexibility index (Phi) is 7.63. The summed E-state index contributed by atoms with van der Waals surface area (Å²) in [7, 11) is 1.35. The number of methoxy groups -OCH3 is 1. The fourth-order valence-corrected chi connectivity index (χ4v) is 4.27. The van der Waals surface area contributed by atoms with Crippen molar-refractivity contribution in [3.05, 3.63) is 57.9 Å². The molecule has 0 radical (unpaired) electrons. The molecule has 0 aliphatic carbocycles. The third-order valence-electron chi connectivity index (χ3n) is 5.11. The molecule has 0 saturated heterocycles. The van der Waals surface area contributed by atoms with Gasteiger partial charge in [-0.2, -0.15) is 4.99 Å². The van der Waals surface area contributed by atoms with Gasteiger partial charge in [-0.3, -0.25) is 9.59 Å². The number of benzene rings is 2. The van der Waals surface area contributed by atoms with Crippen LogP contribution in [0.25, 0.3) is 10.2 Å². The van der Waals surface area contributed by atoms with Crippen LogP contribution in [0.4, 0.5) is 0 Å². The van der Waals surface area contributed by atoms with Crippen molar-refractivity contribution in [2.24, 2.45) is 4.99 Å². The maximum Gasteiger partial charge on any atom is 0.325 e. The molecular formula is C24H28N2O4S. The van der Waals surface area contributed by atoms with E-state index in [4.69, 9.17) is 9.47 Å². The Balaban J connectivity index is 1.96. The number of carbonyl (C=O) groups is 2. The molecule has 2 aromatic carbocycles. The number of esters is 1. The molecule has 3 rings (SSSR count). The van der Waals surface area contributed by atoms with Crippen LogP contribution in [-0.2, 0) is 16.1 Å². The fourth-order valence-electron chi connectivity index (χ4n) is 3.17. The first-order valence-electron chi connectivity index (χ1n) is 10.4. The Morgan fingerprint density at radius 1 is 1.10 bits per heavy atom. The molecule has 7 heteroatoms. The van der Waals surface area contributed by atoms with E-state index in [2.05, 4.69) is 18.0 Å². The second-order valence-corrected chi connectivity index (χ2v) is 8.46. The number of ether oxygens (including phenoxy) is 2. The summed E-state index contributed by atoms with van der Waals surface area (Å²) in [6, 6.07) is 11.1. The molecule has 0 spiro atoms. The van der Waals surface area contributed by atoms with E-state index in [1.165, 1.54) is 18.4 Å². The summed E-state index contributed by atoms with van der Waals surface area (Å²) in [5, 5.41) is 0. The van der Waals surface area contributed by atoms with Crippen molar-refractivity contribution in [1.82, 2.24) is 4.57 Å². The quantitative estimate of drug-likeness (QED) is 0.373. The highest BCUT2D eigenvalue weighted by Gasteiger charge is 2.14. The molecule has 1 aromatic heterocycles. The Morgan fingerprint density at radius 3 is 2.61 bits per heavy atom. The summed E-state index contributed by atoms with van der Waals surface area (Å²) < 4.78 is 13.3. The summed E-state index contributed by atoms with van der Waals surface area (Å²) in [5.74, 6) is -0.117. The van der Waals surface area contributed by atoms with Crippen LogP contribution in [0.1, 0.15) is 47.7 Å². The highest BCUT2D eigenvalue weighted by molar-refractivity contribution is 7.16. The van der Waals surface area contributed by atoms with Crippen LogP contribution in [0.5, 0.6) is 5.75 Å². The van der Waals surface area contributed by atoms with Gasteiger partial charge in [0.1, 0.15) is 12.3 Å². The molecule has 1 heterocycles. The molecule has 6 nitrogen and oxygen atoms in total. The van der Waals surface area contributed by atoms with E-state index in [0.29, 0.717) is 22.7 Å². The van der Waals surface area contributed by atoms with E-state index in [1.54, 1.807) is 22.8 Å². The first kappa shape index (κ1) is 22.7. The Bertz CT molecular complexity index is 1160. The lowest BCUT2D eigenvalue weighted by atomic mass is 10.1. The van der Waals surface area contributed by atoms with Gasteiger partial charge in [-0.15, -0.1) is 0 Å². The Labute approximate surface area is 186 Å². The van der Waals surface area contributed by atoms with Crippen molar-refractivity contribution < 1.29 is 19.1 Å². The molecule has 0 unspecified atom stereocenters. The van der Waals surface area contributed by atoms with Gasteiger partial charge in [-0.05, 0) is 61.7 Å². The van der Waals surface area contributed by atoms with Crippen molar-refractivity contribution in [3.63, 3.8) is 0 Å². The van der Waals surface area contributed by atoms with E-state index >= 15 is 0 Å². The van der Waals surface area contributed by atoms with Crippen molar-refractivity contribution in [3.8, 4) is 5.75 Å². The number of rotatable bonds is 8. The fraction of sp³-hybridized carbons (Fsp3) is 0.375. The minimum Gasteiger partial charge on any atom is -0.494 e. The van der Waals surface area contributed by atoms with Gasteiger partial charge in [0.25, 0.3) is 5.91 Å². The van der Waals surface area contributed by atoms with Gasteiger partial charge in [0.15, 0.2) is 4.80 Å². The van der Waals surface area contributed by atoms with Crippen LogP contribution in [0.15, 0.2) is 41.4 Å². The van der Waals surface area contributed by atoms with Gasteiger partial charge >= 0.3 is 5.97 Å². The van der Waals surface area contributed by atoms with Crippen molar-refractivity contribution >= 4 is 33.4 Å². The number of nitrogens with zero attached hydrogens (tertiary/aromatic N) is 2. The van der Waals surface area contributed by atoms with Crippen LogP contribution in [-0.4, -0.2) is 30.2 Å². The molecular weight excluding hydrogens is 412 g/mol. The monoisotopic (exact) mass is 440 g/mol. The Hall–Kier alpha value is -2.93. The molecule has 0 saturated carbocycles. The van der Waals surface area contributed by atoms with Gasteiger partial charge in [0, 0.05) is 5.56 Å². The number of aryl methyl sites for hydroxylation is 2. The topological polar surface area (TPSA) is 69.9 Å². The minimum absolute atomic E-state index is 0.00824. The van der Waals surface area contributed by atoms with Gasteiger partial charge in [-0.1, -0.05) is 37.2 Å². The number of thiazole rings is 1. The average Bonchev–Trinajstić information content (AvgIpc) is 3.07. The van der Waals surface area contributed by atoms with E-state index in [-0.39, 0.29) is 12.5 Å². The number of amides is 1. The molecule has 0 fully saturated rings. The second kappa shape index (κ2) is 10.4. The van der Waals surface area contributed by atoms with Crippen LogP contribution >= 0.6 is 11.3 Å². The molecule has 164 valence electrons. The summed E-state index contributed by atoms with van der Waals surface area (Å²) in [6.07, 6.45) is 3.22. The summed E-state index contributed by atoms with van der Waals surface area (Å²) >= 11 is 1.38. The zero-order valence-electron chi connectivity index (χ0n) is 18.4. The normalized spacial score (nSPS) is 11.7. The molecule has 0 atom stereocenters. The largest absolute Gasteiger partial charge is 0.494 e. The van der Waals surface area contributed by atoms with Crippen LogP contribution in [0.2, 0.25) is 0 Å². The number of hydrogen-bond acceptors (Lipinski definition) is 5. The third kappa shape index (κ3) is 5.61. The van der Waals surface area contributed by atoms with Gasteiger partial charge in [-0.25, -0.2) is 0 Å². The third-order valence-corrected chi connectivity index (χ3v) is 6.15. The maximum absolute atomic E-state index is 12.9. The predicted octanol–water partition coefficient (Wildman–Crippen LogP) is 4.80. The lowest BCUT2D eigenvalue weighted by molar-refractivity contribution is -0.141. The van der Waals surface area contributed by atoms with E-state index in [0.717, 1.165) is 40.6 Å². The summed E-state index contributed by atoms with van der Waals surface area (Å²) in [5.41, 5.74) is 3.56. The summed E-state index contributed by atoms with van der Waals surface area (Å²) in [4.78, 5) is 29.7. The molecule has 31 heavy (non-hydrogen) atoms. The Morgan fingerprint density at radius 2 is 1.87 bits per heavy atom. The van der Waals surface area contributed by atoms with Gasteiger partial charge in [0.05, 0.1) is 23.9 Å². The maximum atomic E-state index is 12.9. The number of unbranched alkanes of at least 4 members (excludes halogenated alkanes) is 2. The van der Waals surface area contributed by atoms with Crippen LogP contribution in [0, 0.1) is 13.8 Å². The van der Waals surface area contributed by atoms with Crippen LogP contribution < -0.4 is 9.54 Å². The molecule has 3 aromatic rings. The molecule has 0 aliphatic heterocycles. The lowest BCUT2D eigenvalue weighted by Gasteiger charge is -2.07.